The van der Waals surface area contributed by atoms with Crippen molar-refractivity contribution in [3.05, 3.63) is 24.0 Å². The summed E-state index contributed by atoms with van der Waals surface area (Å²) in [6.45, 7) is 8.71. The molecule has 92 valence electrons. The summed E-state index contributed by atoms with van der Waals surface area (Å²) in [5.74, 6) is 0. The van der Waals surface area contributed by atoms with Crippen molar-refractivity contribution in [2.24, 2.45) is 0 Å². The van der Waals surface area contributed by atoms with Gasteiger partial charge in [0, 0.05) is 25.0 Å². The molecule has 0 saturated carbocycles. The van der Waals surface area contributed by atoms with E-state index < -0.39 is 5.60 Å². The van der Waals surface area contributed by atoms with Crippen molar-refractivity contribution in [3.8, 4) is 0 Å². The van der Waals surface area contributed by atoms with Crippen molar-refractivity contribution in [2.45, 2.75) is 52.3 Å². The molecular weight excluding hydrogens is 200 g/mol. The molecule has 1 aromatic rings. The van der Waals surface area contributed by atoms with Crippen LogP contribution in [0.5, 0.6) is 0 Å². The van der Waals surface area contributed by atoms with Gasteiger partial charge in [-0.05, 0) is 45.4 Å². The van der Waals surface area contributed by atoms with Crippen molar-refractivity contribution in [2.75, 3.05) is 6.54 Å². The molecule has 1 aromatic heterocycles. The third-order valence-electron chi connectivity index (χ3n) is 2.62. The number of nitrogens with zero attached hydrogens (tertiary/aromatic N) is 1. The zero-order chi connectivity index (χ0) is 12.0. The number of aryl methyl sites for hydroxylation is 1. The molecule has 0 saturated heterocycles. The molecule has 0 amide bonds. The second-order valence-corrected chi connectivity index (χ2v) is 4.93. The minimum Gasteiger partial charge on any atom is -0.390 e. The number of aliphatic hydroxyl groups is 1. The lowest BCUT2D eigenvalue weighted by molar-refractivity contribution is 0.0660. The van der Waals surface area contributed by atoms with Gasteiger partial charge in [-0.3, -0.25) is 0 Å². The second kappa shape index (κ2) is 6.06. The second-order valence-electron chi connectivity index (χ2n) is 4.93. The Morgan fingerprint density at radius 2 is 2.19 bits per heavy atom. The topological polar surface area (TPSA) is 37.2 Å². The molecule has 0 aliphatic carbocycles. The van der Waals surface area contributed by atoms with E-state index in [0.29, 0.717) is 0 Å². The molecule has 0 unspecified atom stereocenters. The van der Waals surface area contributed by atoms with E-state index in [9.17, 15) is 5.11 Å². The molecule has 3 nitrogen and oxygen atoms in total. The van der Waals surface area contributed by atoms with Crippen LogP contribution >= 0.6 is 0 Å². The van der Waals surface area contributed by atoms with E-state index in [1.807, 2.05) is 13.8 Å². The average Bonchev–Trinajstić information content (AvgIpc) is 2.62. The summed E-state index contributed by atoms with van der Waals surface area (Å²) in [7, 11) is 0. The van der Waals surface area contributed by atoms with Crippen molar-refractivity contribution in [1.29, 1.82) is 0 Å². The Labute approximate surface area is 98.5 Å². The normalized spacial score (nSPS) is 12.0. The van der Waals surface area contributed by atoms with Crippen molar-refractivity contribution in [3.63, 3.8) is 0 Å². The average molecular weight is 224 g/mol. The number of aromatic nitrogens is 1. The summed E-state index contributed by atoms with van der Waals surface area (Å²) >= 11 is 0. The Balaban J connectivity index is 2.44. The van der Waals surface area contributed by atoms with Crippen LogP contribution in [0.25, 0.3) is 0 Å². The lowest BCUT2D eigenvalue weighted by atomic mass is 10.1. The zero-order valence-electron chi connectivity index (χ0n) is 10.7. The molecule has 0 bridgehead atoms. The van der Waals surface area contributed by atoms with Crippen LogP contribution in [-0.2, 0) is 13.1 Å². The van der Waals surface area contributed by atoms with Gasteiger partial charge in [0.2, 0.25) is 0 Å². The van der Waals surface area contributed by atoms with E-state index in [2.05, 4.69) is 35.1 Å². The smallest absolute Gasteiger partial charge is 0.0608 e. The molecule has 0 fully saturated rings. The summed E-state index contributed by atoms with van der Waals surface area (Å²) in [4.78, 5) is 0. The third-order valence-corrected chi connectivity index (χ3v) is 2.62. The van der Waals surface area contributed by atoms with Crippen LogP contribution in [-0.4, -0.2) is 21.8 Å². The molecule has 0 aromatic carbocycles. The lowest BCUT2D eigenvalue weighted by Crippen LogP contribution is -2.22. The van der Waals surface area contributed by atoms with Crippen LogP contribution in [0.3, 0.4) is 0 Å². The fourth-order valence-corrected chi connectivity index (χ4v) is 1.62. The quantitative estimate of drug-likeness (QED) is 0.696. The summed E-state index contributed by atoms with van der Waals surface area (Å²) in [5.41, 5.74) is 0.705. The van der Waals surface area contributed by atoms with Crippen LogP contribution in [0.15, 0.2) is 18.3 Å². The van der Waals surface area contributed by atoms with E-state index in [1.54, 1.807) is 0 Å². The van der Waals surface area contributed by atoms with Crippen molar-refractivity contribution >= 4 is 0 Å². The highest BCUT2D eigenvalue weighted by Gasteiger charge is 2.12. The van der Waals surface area contributed by atoms with Gasteiger partial charge in [-0.2, -0.15) is 0 Å². The fraction of sp³-hybridized carbons (Fsp3) is 0.692. The first-order valence-electron chi connectivity index (χ1n) is 6.10. The molecule has 0 aliphatic rings. The first-order valence-corrected chi connectivity index (χ1v) is 6.10. The van der Waals surface area contributed by atoms with Gasteiger partial charge >= 0.3 is 0 Å². The summed E-state index contributed by atoms with van der Waals surface area (Å²) in [5, 5.41) is 13.1. The van der Waals surface area contributed by atoms with Gasteiger partial charge in [0.1, 0.15) is 0 Å². The Hall–Kier alpha value is -0.800. The highest BCUT2D eigenvalue weighted by Crippen LogP contribution is 2.11. The van der Waals surface area contributed by atoms with Crippen LogP contribution in [0.1, 0.15) is 39.3 Å². The van der Waals surface area contributed by atoms with Gasteiger partial charge < -0.3 is 15.0 Å². The molecule has 1 rings (SSSR count). The van der Waals surface area contributed by atoms with Crippen LogP contribution in [0.2, 0.25) is 0 Å². The van der Waals surface area contributed by atoms with Gasteiger partial charge in [0.25, 0.3) is 0 Å². The first-order chi connectivity index (χ1) is 7.53. The zero-order valence-corrected chi connectivity index (χ0v) is 10.7. The Morgan fingerprint density at radius 1 is 1.44 bits per heavy atom. The van der Waals surface area contributed by atoms with E-state index in [-0.39, 0.29) is 0 Å². The maximum absolute atomic E-state index is 9.69. The van der Waals surface area contributed by atoms with Gasteiger partial charge in [-0.1, -0.05) is 6.92 Å². The van der Waals surface area contributed by atoms with E-state index >= 15 is 0 Å². The minimum atomic E-state index is -0.585. The predicted octanol–water partition coefficient (Wildman–Crippen LogP) is 2.15. The molecule has 1 heterocycles. The molecule has 16 heavy (non-hydrogen) atoms. The maximum Gasteiger partial charge on any atom is 0.0608 e. The molecule has 0 spiro atoms. The highest BCUT2D eigenvalue weighted by atomic mass is 16.3. The predicted molar refractivity (Wildman–Crippen MR) is 67.3 cm³/mol. The van der Waals surface area contributed by atoms with Crippen molar-refractivity contribution in [1.82, 2.24) is 9.88 Å². The molecule has 0 atom stereocenters. The number of hydrogen-bond acceptors (Lipinski definition) is 2. The SMILES string of the molecule is CCCNCc1cccn1CCC(C)(C)O. The Morgan fingerprint density at radius 3 is 2.81 bits per heavy atom. The summed E-state index contributed by atoms with van der Waals surface area (Å²) < 4.78 is 2.21. The van der Waals surface area contributed by atoms with Gasteiger partial charge in [-0.25, -0.2) is 0 Å². The highest BCUT2D eigenvalue weighted by molar-refractivity contribution is 5.07. The van der Waals surface area contributed by atoms with Crippen LogP contribution in [0, 0.1) is 0 Å². The molecule has 0 radical (unpaired) electrons. The van der Waals surface area contributed by atoms with E-state index in [4.69, 9.17) is 0 Å². The van der Waals surface area contributed by atoms with E-state index in [1.165, 1.54) is 5.69 Å². The Kier molecular flexibility index (Phi) is 5.03. The van der Waals surface area contributed by atoms with Crippen LogP contribution < -0.4 is 5.32 Å². The number of hydrogen-bond donors (Lipinski definition) is 2. The van der Waals surface area contributed by atoms with Crippen molar-refractivity contribution < 1.29 is 5.11 Å². The maximum atomic E-state index is 9.69. The van der Waals surface area contributed by atoms with Gasteiger partial charge in [0.05, 0.1) is 5.60 Å². The summed E-state index contributed by atoms with van der Waals surface area (Å²) in [6.07, 6.45) is 4.02. The largest absolute Gasteiger partial charge is 0.390 e. The lowest BCUT2D eigenvalue weighted by Gasteiger charge is -2.18. The Bertz CT molecular complexity index is 299. The minimum absolute atomic E-state index is 0.585. The number of rotatable bonds is 7. The van der Waals surface area contributed by atoms with Gasteiger partial charge in [-0.15, -0.1) is 0 Å². The molecule has 2 N–H and O–H groups in total. The summed E-state index contributed by atoms with van der Waals surface area (Å²) in [6, 6.07) is 4.19. The van der Waals surface area contributed by atoms with Crippen LogP contribution in [0.4, 0.5) is 0 Å². The monoisotopic (exact) mass is 224 g/mol. The standard InChI is InChI=1S/C13H24N2O/c1-4-8-14-11-12-6-5-9-15(12)10-7-13(2,3)16/h5-6,9,14,16H,4,7-8,10-11H2,1-3H3. The molecule has 0 aliphatic heterocycles. The third kappa shape index (κ3) is 4.81. The number of nitrogens with one attached hydrogen (secondary N) is 1. The molecular formula is C13H24N2O. The fourth-order valence-electron chi connectivity index (χ4n) is 1.62. The molecule has 3 heteroatoms. The van der Waals surface area contributed by atoms with E-state index in [0.717, 1.165) is 32.5 Å². The first kappa shape index (κ1) is 13.3. The van der Waals surface area contributed by atoms with Gasteiger partial charge in [0.15, 0.2) is 0 Å².